The fourth-order valence-electron chi connectivity index (χ4n) is 9.30. The van der Waals surface area contributed by atoms with E-state index in [9.17, 15) is 22.4 Å². The molecule has 1 aromatic carbocycles. The predicted molar refractivity (Wildman–Crippen MR) is 139 cm³/mol. The Bertz CT molecular complexity index is 967. The zero-order chi connectivity index (χ0) is 26.4. The number of alkyl halides is 4. The molecule has 0 spiro atoms. The molecule has 0 aliphatic heterocycles. The van der Waals surface area contributed by atoms with Gasteiger partial charge in [-0.1, -0.05) is 13.8 Å². The second-order valence-electron chi connectivity index (χ2n) is 12.8. The van der Waals surface area contributed by atoms with Gasteiger partial charge in [-0.05, 0) is 147 Å². The first-order chi connectivity index (χ1) is 17.5. The molecule has 206 valence electrons. The zero-order valence-corrected chi connectivity index (χ0v) is 22.9. The highest BCUT2D eigenvalue weighted by atomic mass is 32.2. The molecule has 0 bridgehead atoms. The van der Waals surface area contributed by atoms with Crippen LogP contribution in [-0.2, 0) is 11.0 Å². The Balaban J connectivity index is 1.11. The maximum absolute atomic E-state index is 14.9. The molecule has 4 fully saturated rings. The van der Waals surface area contributed by atoms with Crippen LogP contribution in [0.25, 0.3) is 0 Å². The monoisotopic (exact) mass is 539 g/mol. The van der Waals surface area contributed by atoms with Crippen molar-refractivity contribution < 1.29 is 22.4 Å². The van der Waals surface area contributed by atoms with E-state index in [0.717, 1.165) is 68.0 Å². The first-order valence-corrected chi connectivity index (χ1v) is 15.1. The predicted octanol–water partition coefficient (Wildman–Crippen LogP) is 9.00. The van der Waals surface area contributed by atoms with Crippen LogP contribution in [-0.4, -0.2) is 12.1 Å². The molecule has 0 radical (unpaired) electrons. The van der Waals surface area contributed by atoms with E-state index in [-0.39, 0.29) is 17.2 Å². The fourth-order valence-corrected chi connectivity index (χ4v) is 9.91. The third-order valence-corrected chi connectivity index (χ3v) is 12.0. The number of hydrogen-bond acceptors (Lipinski definition) is 2. The summed E-state index contributed by atoms with van der Waals surface area (Å²) in [7, 11) is 0. The number of amides is 1. The molecule has 0 saturated heterocycles. The van der Waals surface area contributed by atoms with Crippen LogP contribution in [0.5, 0.6) is 0 Å². The minimum atomic E-state index is -4.35. The average molecular weight is 540 g/mol. The molecule has 37 heavy (non-hydrogen) atoms. The van der Waals surface area contributed by atoms with E-state index in [1.807, 2.05) is 0 Å². The van der Waals surface area contributed by atoms with Crippen molar-refractivity contribution in [3.8, 4) is 0 Å². The van der Waals surface area contributed by atoms with Crippen molar-refractivity contribution in [1.29, 1.82) is 0 Å². The van der Waals surface area contributed by atoms with Gasteiger partial charge in [0.1, 0.15) is 6.17 Å². The van der Waals surface area contributed by atoms with Crippen LogP contribution in [0.4, 0.5) is 17.6 Å². The highest BCUT2D eigenvalue weighted by Crippen LogP contribution is 2.68. The highest BCUT2D eigenvalue weighted by molar-refractivity contribution is 7.98. The van der Waals surface area contributed by atoms with Crippen LogP contribution >= 0.6 is 11.9 Å². The van der Waals surface area contributed by atoms with Crippen LogP contribution in [0.3, 0.4) is 0 Å². The molecular formula is C30H41F4NOS. The minimum absolute atomic E-state index is 0.0716. The van der Waals surface area contributed by atoms with Gasteiger partial charge in [-0.3, -0.25) is 9.52 Å². The van der Waals surface area contributed by atoms with Crippen LogP contribution in [0.2, 0.25) is 0 Å². The van der Waals surface area contributed by atoms with Crippen molar-refractivity contribution in [3.63, 3.8) is 0 Å². The third kappa shape index (κ3) is 5.19. The van der Waals surface area contributed by atoms with Crippen LogP contribution in [0, 0.1) is 40.4 Å². The molecule has 5 rings (SSSR count). The van der Waals surface area contributed by atoms with Gasteiger partial charge in [0, 0.05) is 11.3 Å². The molecule has 1 amide bonds. The summed E-state index contributed by atoms with van der Waals surface area (Å²) in [6.45, 7) is 4.91. The van der Waals surface area contributed by atoms with Gasteiger partial charge >= 0.3 is 6.18 Å². The van der Waals surface area contributed by atoms with E-state index in [2.05, 4.69) is 18.6 Å². The van der Waals surface area contributed by atoms with Gasteiger partial charge in [0.05, 0.1) is 5.56 Å². The van der Waals surface area contributed by atoms with Crippen molar-refractivity contribution >= 4 is 17.9 Å². The Morgan fingerprint density at radius 1 is 0.946 bits per heavy atom. The topological polar surface area (TPSA) is 29.1 Å². The molecule has 0 heterocycles. The number of carbonyl (C=O) groups is 1. The molecule has 7 unspecified atom stereocenters. The minimum Gasteiger partial charge on any atom is -0.296 e. The van der Waals surface area contributed by atoms with E-state index in [0.29, 0.717) is 28.6 Å². The van der Waals surface area contributed by atoms with Crippen molar-refractivity contribution in [3.05, 3.63) is 29.8 Å². The van der Waals surface area contributed by atoms with Crippen LogP contribution < -0.4 is 4.72 Å². The van der Waals surface area contributed by atoms with Gasteiger partial charge in [0.25, 0.3) is 0 Å². The summed E-state index contributed by atoms with van der Waals surface area (Å²) < 4.78 is 55.8. The summed E-state index contributed by atoms with van der Waals surface area (Å²) in [5.41, 5.74) is -0.171. The Hall–Kier alpha value is -1.24. The number of benzene rings is 1. The number of fused-ring (bicyclic) bond motifs is 5. The second-order valence-corrected chi connectivity index (χ2v) is 13.7. The van der Waals surface area contributed by atoms with E-state index < -0.39 is 17.9 Å². The molecule has 7 heteroatoms. The molecule has 2 nitrogen and oxygen atoms in total. The number of carbonyl (C=O) groups excluding carboxylic acids is 1. The molecule has 4 saturated carbocycles. The Labute approximate surface area is 223 Å². The smallest absolute Gasteiger partial charge is 0.296 e. The standard InChI is InChI=1S/C30H41F4NOS/c1-28-18-16-24-22(13-15-25-26(31)6-4-17-29(24,25)2)23(28)14-10-19(28)5-3-7-27(36)35-37-21-11-8-20(9-12-21)30(32,33)34/h8-9,11-12,19,22-26H,3-7,10,13-18H2,1-2H3,(H,35,36)/t19?,22?,23?,24?,25?,26?,28-,29?/m1/s1. The van der Waals surface area contributed by atoms with Gasteiger partial charge in [0.2, 0.25) is 5.91 Å². The lowest BCUT2D eigenvalue weighted by Crippen LogP contribution is -2.54. The Kier molecular flexibility index (Phi) is 7.67. The SMILES string of the molecule is CC12CCCC(F)C1CCC1C2CC[C@]2(C)C(CCCC(=O)NSc3ccc(C(F)(F)F)cc3)CCC12. The summed E-state index contributed by atoms with van der Waals surface area (Å²) >= 11 is 1.08. The number of nitrogens with one attached hydrogen (secondary N) is 1. The molecule has 4 aliphatic carbocycles. The molecule has 1 aromatic rings. The van der Waals surface area contributed by atoms with E-state index >= 15 is 0 Å². The number of halogens is 4. The maximum atomic E-state index is 14.9. The highest BCUT2D eigenvalue weighted by Gasteiger charge is 2.60. The fraction of sp³-hybridized carbons (Fsp3) is 0.767. The van der Waals surface area contributed by atoms with Gasteiger partial charge in [-0.15, -0.1) is 0 Å². The zero-order valence-electron chi connectivity index (χ0n) is 22.1. The van der Waals surface area contributed by atoms with E-state index in [1.54, 1.807) is 0 Å². The van der Waals surface area contributed by atoms with Crippen LogP contribution in [0.15, 0.2) is 29.2 Å². The second kappa shape index (κ2) is 10.4. The molecule has 8 atom stereocenters. The molecular weight excluding hydrogens is 498 g/mol. The Morgan fingerprint density at radius 2 is 1.65 bits per heavy atom. The summed E-state index contributed by atoms with van der Waals surface area (Å²) in [4.78, 5) is 13.0. The first kappa shape index (κ1) is 27.3. The summed E-state index contributed by atoms with van der Waals surface area (Å²) in [5, 5.41) is 0. The molecule has 0 aromatic heterocycles. The van der Waals surface area contributed by atoms with Crippen molar-refractivity contribution in [2.24, 2.45) is 40.4 Å². The van der Waals surface area contributed by atoms with E-state index in [4.69, 9.17) is 0 Å². The lowest BCUT2D eigenvalue weighted by Gasteiger charge is -2.61. The summed E-state index contributed by atoms with van der Waals surface area (Å²) in [6.07, 6.45) is 7.61. The van der Waals surface area contributed by atoms with Gasteiger partial charge in [0.15, 0.2) is 0 Å². The third-order valence-electron chi connectivity index (χ3n) is 11.2. The van der Waals surface area contributed by atoms with Crippen molar-refractivity contribution in [1.82, 2.24) is 4.72 Å². The van der Waals surface area contributed by atoms with E-state index in [1.165, 1.54) is 50.7 Å². The molecule has 4 aliphatic rings. The van der Waals surface area contributed by atoms with Crippen LogP contribution in [0.1, 0.15) is 96.5 Å². The quantitative estimate of drug-likeness (QED) is 0.289. The summed E-state index contributed by atoms with van der Waals surface area (Å²) in [6, 6.07) is 4.85. The van der Waals surface area contributed by atoms with Gasteiger partial charge < -0.3 is 0 Å². The largest absolute Gasteiger partial charge is 0.416 e. The number of hydrogen-bond donors (Lipinski definition) is 1. The first-order valence-electron chi connectivity index (χ1n) is 14.3. The lowest BCUT2D eigenvalue weighted by atomic mass is 9.44. The van der Waals surface area contributed by atoms with Crippen molar-refractivity contribution in [2.75, 3.05) is 0 Å². The maximum Gasteiger partial charge on any atom is 0.416 e. The van der Waals surface area contributed by atoms with Gasteiger partial charge in [-0.2, -0.15) is 13.2 Å². The van der Waals surface area contributed by atoms with Gasteiger partial charge in [-0.25, -0.2) is 4.39 Å². The number of rotatable bonds is 6. The van der Waals surface area contributed by atoms with Crippen molar-refractivity contribution in [2.45, 2.75) is 108 Å². The molecule has 1 N–H and O–H groups in total. The lowest BCUT2D eigenvalue weighted by molar-refractivity contribution is -0.137. The average Bonchev–Trinajstić information content (AvgIpc) is 3.18. The summed E-state index contributed by atoms with van der Waals surface area (Å²) in [5.74, 6) is 2.98. The Morgan fingerprint density at radius 3 is 2.38 bits per heavy atom. The normalized spacial score (nSPS) is 39.4.